The molecule has 8 heteroatoms. The Morgan fingerprint density at radius 2 is 1.87 bits per heavy atom. The number of carbonyl (C=O) groups excluding carboxylic acids is 2. The van der Waals surface area contributed by atoms with Crippen molar-refractivity contribution >= 4 is 23.3 Å². The highest BCUT2D eigenvalue weighted by atomic mass is 32.1. The van der Waals surface area contributed by atoms with E-state index in [-0.39, 0.29) is 11.8 Å². The zero-order chi connectivity index (χ0) is 16.2. The summed E-state index contributed by atoms with van der Waals surface area (Å²) < 4.78 is 9.46. The largest absolute Gasteiger partial charge is 0.365 e. The highest BCUT2D eigenvalue weighted by Gasteiger charge is 2.33. The van der Waals surface area contributed by atoms with E-state index in [0.717, 1.165) is 37.5 Å². The van der Waals surface area contributed by atoms with E-state index in [0.29, 0.717) is 30.3 Å². The fourth-order valence-corrected chi connectivity index (χ4v) is 3.67. The molecule has 23 heavy (non-hydrogen) atoms. The highest BCUT2D eigenvalue weighted by molar-refractivity contribution is 7.07. The summed E-state index contributed by atoms with van der Waals surface area (Å²) in [5, 5.41) is 3.89. The van der Waals surface area contributed by atoms with Crippen LogP contribution in [-0.4, -0.2) is 70.1 Å². The van der Waals surface area contributed by atoms with Crippen LogP contribution in [0.3, 0.4) is 0 Å². The minimum Gasteiger partial charge on any atom is -0.365 e. The third kappa shape index (κ3) is 3.69. The molecule has 126 valence electrons. The Balaban J connectivity index is 1.64. The molecule has 0 N–H and O–H groups in total. The third-order valence-corrected chi connectivity index (χ3v) is 5.21. The molecule has 0 radical (unpaired) electrons. The van der Waals surface area contributed by atoms with E-state index in [9.17, 15) is 9.59 Å². The van der Waals surface area contributed by atoms with E-state index in [2.05, 4.69) is 9.59 Å². The second-order valence-electron chi connectivity index (χ2n) is 6.04. The molecule has 2 fully saturated rings. The second kappa shape index (κ2) is 7.35. The molecule has 2 saturated heterocycles. The van der Waals surface area contributed by atoms with E-state index in [1.54, 1.807) is 11.8 Å². The summed E-state index contributed by atoms with van der Waals surface area (Å²) in [4.78, 5) is 29.4. The average Bonchev–Trinajstić information content (AvgIpc) is 2.84. The van der Waals surface area contributed by atoms with Gasteiger partial charge in [-0.3, -0.25) is 9.59 Å². The summed E-state index contributed by atoms with van der Waals surface area (Å²) in [7, 11) is 0. The number of hydrogen-bond acceptors (Lipinski definition) is 6. The van der Waals surface area contributed by atoms with Gasteiger partial charge in [0, 0.05) is 19.6 Å². The molecule has 1 aromatic rings. The Morgan fingerprint density at radius 1 is 1.13 bits per heavy atom. The van der Waals surface area contributed by atoms with Gasteiger partial charge in [-0.15, -0.1) is 5.10 Å². The van der Waals surface area contributed by atoms with Crippen molar-refractivity contribution in [1.82, 2.24) is 19.4 Å². The zero-order valence-corrected chi connectivity index (χ0v) is 14.2. The van der Waals surface area contributed by atoms with Crippen molar-refractivity contribution in [3.8, 4) is 0 Å². The normalized spacial score (nSPS) is 22.7. The van der Waals surface area contributed by atoms with Gasteiger partial charge in [0.1, 0.15) is 4.88 Å². The first-order valence-corrected chi connectivity index (χ1v) is 8.93. The molecular weight excluding hydrogens is 316 g/mol. The molecule has 2 amide bonds. The smallest absolute Gasteiger partial charge is 0.267 e. The second-order valence-corrected chi connectivity index (χ2v) is 6.79. The van der Waals surface area contributed by atoms with Gasteiger partial charge in [0.15, 0.2) is 6.10 Å². The van der Waals surface area contributed by atoms with Crippen LogP contribution < -0.4 is 0 Å². The molecule has 0 aliphatic carbocycles. The van der Waals surface area contributed by atoms with Crippen molar-refractivity contribution in [3.05, 3.63) is 10.6 Å². The SMILES string of the molecule is Cc1nnsc1C(=O)N1CCO[C@H](C(=O)N2CCCCCC2)C1. The molecule has 2 aliphatic rings. The van der Waals surface area contributed by atoms with Gasteiger partial charge in [0.2, 0.25) is 0 Å². The summed E-state index contributed by atoms with van der Waals surface area (Å²) in [6.45, 7) is 4.57. The maximum Gasteiger partial charge on any atom is 0.267 e. The first kappa shape index (κ1) is 16.3. The van der Waals surface area contributed by atoms with Gasteiger partial charge in [-0.25, -0.2) is 0 Å². The van der Waals surface area contributed by atoms with Gasteiger partial charge in [0.05, 0.1) is 18.8 Å². The number of hydrogen-bond donors (Lipinski definition) is 0. The van der Waals surface area contributed by atoms with Crippen molar-refractivity contribution < 1.29 is 14.3 Å². The Morgan fingerprint density at radius 3 is 2.52 bits per heavy atom. The number of rotatable bonds is 2. The lowest BCUT2D eigenvalue weighted by atomic mass is 10.2. The van der Waals surface area contributed by atoms with Crippen molar-refractivity contribution in [2.75, 3.05) is 32.8 Å². The van der Waals surface area contributed by atoms with Gasteiger partial charge in [-0.1, -0.05) is 17.3 Å². The van der Waals surface area contributed by atoms with Crippen LogP contribution in [0.25, 0.3) is 0 Å². The lowest BCUT2D eigenvalue weighted by Crippen LogP contribution is -2.52. The van der Waals surface area contributed by atoms with Crippen LogP contribution in [0.15, 0.2) is 0 Å². The first-order valence-electron chi connectivity index (χ1n) is 8.15. The van der Waals surface area contributed by atoms with E-state index >= 15 is 0 Å². The van der Waals surface area contributed by atoms with E-state index in [1.165, 1.54) is 12.8 Å². The summed E-state index contributed by atoms with van der Waals surface area (Å²) in [5.74, 6) is -0.0852. The van der Waals surface area contributed by atoms with Crippen molar-refractivity contribution in [1.29, 1.82) is 0 Å². The van der Waals surface area contributed by atoms with Crippen LogP contribution in [0.1, 0.15) is 41.0 Å². The number of carbonyl (C=O) groups is 2. The molecule has 0 bridgehead atoms. The van der Waals surface area contributed by atoms with Crippen LogP contribution in [-0.2, 0) is 9.53 Å². The van der Waals surface area contributed by atoms with Crippen molar-refractivity contribution in [2.45, 2.75) is 38.7 Å². The number of morpholine rings is 1. The number of aromatic nitrogens is 2. The molecule has 7 nitrogen and oxygen atoms in total. The molecule has 0 unspecified atom stereocenters. The topological polar surface area (TPSA) is 75.6 Å². The van der Waals surface area contributed by atoms with E-state index < -0.39 is 6.10 Å². The first-order chi connectivity index (χ1) is 11.2. The lowest BCUT2D eigenvalue weighted by Gasteiger charge is -2.34. The average molecular weight is 338 g/mol. The lowest BCUT2D eigenvalue weighted by molar-refractivity contribution is -0.148. The maximum absolute atomic E-state index is 12.7. The third-order valence-electron chi connectivity index (χ3n) is 4.39. The number of likely N-dealkylation sites (tertiary alicyclic amines) is 1. The van der Waals surface area contributed by atoms with E-state index in [1.807, 2.05) is 4.90 Å². The fraction of sp³-hybridized carbons (Fsp3) is 0.733. The fourth-order valence-electron chi connectivity index (χ4n) is 3.05. The van der Waals surface area contributed by atoms with Gasteiger partial charge in [0.25, 0.3) is 11.8 Å². The molecule has 1 aromatic heterocycles. The minimum atomic E-state index is -0.549. The van der Waals surface area contributed by atoms with Crippen LogP contribution >= 0.6 is 11.5 Å². The van der Waals surface area contributed by atoms with Gasteiger partial charge < -0.3 is 14.5 Å². The Bertz CT molecular complexity index is 569. The molecule has 0 spiro atoms. The van der Waals surface area contributed by atoms with Crippen LogP contribution in [0, 0.1) is 6.92 Å². The van der Waals surface area contributed by atoms with E-state index in [4.69, 9.17) is 4.74 Å². The number of amides is 2. The highest BCUT2D eigenvalue weighted by Crippen LogP contribution is 2.18. The molecular formula is C15H22N4O3S. The Kier molecular flexibility index (Phi) is 5.22. The summed E-state index contributed by atoms with van der Waals surface area (Å²) in [6.07, 6.45) is 3.90. The Labute approximate surface area is 139 Å². The number of nitrogens with zero attached hydrogens (tertiary/aromatic N) is 4. The summed E-state index contributed by atoms with van der Waals surface area (Å²) in [6, 6.07) is 0. The predicted molar refractivity (Wildman–Crippen MR) is 85.3 cm³/mol. The van der Waals surface area contributed by atoms with Crippen LogP contribution in [0.4, 0.5) is 0 Å². The van der Waals surface area contributed by atoms with Gasteiger partial charge >= 0.3 is 0 Å². The molecule has 2 aliphatic heterocycles. The van der Waals surface area contributed by atoms with Crippen LogP contribution in [0.5, 0.6) is 0 Å². The molecule has 3 heterocycles. The molecule has 1 atom stereocenters. The predicted octanol–water partition coefficient (Wildman–Crippen LogP) is 1.09. The molecule has 0 aromatic carbocycles. The van der Waals surface area contributed by atoms with Crippen molar-refractivity contribution in [3.63, 3.8) is 0 Å². The quantitative estimate of drug-likeness (QED) is 0.807. The van der Waals surface area contributed by atoms with Gasteiger partial charge in [-0.2, -0.15) is 0 Å². The van der Waals surface area contributed by atoms with Crippen LogP contribution in [0.2, 0.25) is 0 Å². The standard InChI is InChI=1S/C15H22N4O3S/c1-11-13(23-17-16-11)15(21)19-8-9-22-12(10-19)14(20)18-6-4-2-3-5-7-18/h12H,2-10H2,1H3/t12-/m0/s1. The Hall–Kier alpha value is -1.54. The summed E-state index contributed by atoms with van der Waals surface area (Å²) in [5.41, 5.74) is 0.641. The number of ether oxygens (including phenoxy) is 1. The number of aryl methyl sites for hydroxylation is 1. The van der Waals surface area contributed by atoms with Gasteiger partial charge in [-0.05, 0) is 31.3 Å². The molecule has 0 saturated carbocycles. The zero-order valence-electron chi connectivity index (χ0n) is 13.4. The minimum absolute atomic E-state index is 0.0172. The molecule has 3 rings (SSSR count). The monoisotopic (exact) mass is 338 g/mol. The maximum atomic E-state index is 12.7. The van der Waals surface area contributed by atoms with Crippen molar-refractivity contribution in [2.24, 2.45) is 0 Å². The summed E-state index contributed by atoms with van der Waals surface area (Å²) >= 11 is 1.10.